The van der Waals surface area contributed by atoms with Crippen molar-refractivity contribution in [1.82, 2.24) is 4.72 Å². The van der Waals surface area contributed by atoms with Crippen molar-refractivity contribution in [1.29, 1.82) is 0 Å². The van der Waals surface area contributed by atoms with Crippen LogP contribution in [0.15, 0.2) is 41.3 Å². The van der Waals surface area contributed by atoms with Crippen molar-refractivity contribution in [3.8, 4) is 0 Å². The second-order valence-corrected chi connectivity index (χ2v) is 7.09. The van der Waals surface area contributed by atoms with Crippen molar-refractivity contribution in [3.05, 3.63) is 36.4 Å². The molecular formula is C13H20N2O2S2. The van der Waals surface area contributed by atoms with E-state index in [1.807, 2.05) is 43.3 Å². The van der Waals surface area contributed by atoms with Crippen LogP contribution in [0.25, 0.3) is 0 Å². The number of hydrogen-bond acceptors (Lipinski definition) is 4. The second-order valence-electron chi connectivity index (χ2n) is 3.99. The van der Waals surface area contributed by atoms with E-state index in [-0.39, 0.29) is 5.75 Å². The first kappa shape index (κ1) is 16.1. The van der Waals surface area contributed by atoms with Crippen LogP contribution in [-0.4, -0.2) is 26.5 Å². The number of benzene rings is 1. The van der Waals surface area contributed by atoms with Crippen molar-refractivity contribution in [2.45, 2.75) is 18.2 Å². The molecule has 0 radical (unpaired) electrons. The number of sulfonamides is 1. The molecule has 0 bridgehead atoms. The Morgan fingerprint density at radius 3 is 2.89 bits per heavy atom. The maximum Gasteiger partial charge on any atom is 0.212 e. The number of nitrogen functional groups attached to an aromatic ring is 1. The number of nitrogens with one attached hydrogen (secondary N) is 1. The maximum absolute atomic E-state index is 11.7. The highest BCUT2D eigenvalue weighted by molar-refractivity contribution is 8.00. The molecule has 0 aromatic heterocycles. The number of allylic oxidation sites excluding steroid dienone is 1. The fourth-order valence-corrected chi connectivity index (χ4v) is 3.82. The van der Waals surface area contributed by atoms with Gasteiger partial charge in [-0.3, -0.25) is 0 Å². The minimum atomic E-state index is -3.18. The molecule has 1 aromatic carbocycles. The molecule has 0 aliphatic heterocycles. The van der Waals surface area contributed by atoms with Gasteiger partial charge in [0.2, 0.25) is 10.0 Å². The van der Waals surface area contributed by atoms with Gasteiger partial charge in [-0.2, -0.15) is 0 Å². The van der Waals surface area contributed by atoms with Crippen molar-refractivity contribution < 1.29 is 8.42 Å². The lowest BCUT2D eigenvalue weighted by molar-refractivity contribution is 0.583. The molecule has 0 heterocycles. The highest BCUT2D eigenvalue weighted by Gasteiger charge is 2.08. The maximum atomic E-state index is 11.7. The van der Waals surface area contributed by atoms with Crippen molar-refractivity contribution >= 4 is 27.5 Å². The summed E-state index contributed by atoms with van der Waals surface area (Å²) in [5.74, 6) is 0.630. The van der Waals surface area contributed by atoms with Gasteiger partial charge in [0.1, 0.15) is 0 Å². The topological polar surface area (TPSA) is 72.2 Å². The third-order valence-corrected chi connectivity index (χ3v) is 4.99. The molecule has 0 fully saturated rings. The largest absolute Gasteiger partial charge is 0.399 e. The SMILES string of the molecule is C/C=C/CCNS(=O)(=O)CCSc1cccc(N)c1. The third-order valence-electron chi connectivity index (χ3n) is 2.35. The number of rotatable bonds is 8. The van der Waals surface area contributed by atoms with Crippen molar-refractivity contribution in [2.75, 3.05) is 23.8 Å². The standard InChI is InChI=1S/C13H20N2O2S2/c1-2-3-4-8-15-19(16,17)10-9-18-13-7-5-6-12(14)11-13/h2-3,5-7,11,15H,4,8-10,14H2,1H3/b3-2+. The zero-order valence-electron chi connectivity index (χ0n) is 11.0. The van der Waals surface area contributed by atoms with Crippen LogP contribution in [0.4, 0.5) is 5.69 Å². The van der Waals surface area contributed by atoms with Crippen LogP contribution in [0.5, 0.6) is 0 Å². The molecule has 6 heteroatoms. The lowest BCUT2D eigenvalue weighted by Gasteiger charge is -2.06. The smallest absolute Gasteiger partial charge is 0.212 e. The van der Waals surface area contributed by atoms with Gasteiger partial charge in [0.25, 0.3) is 0 Å². The van der Waals surface area contributed by atoms with E-state index in [4.69, 9.17) is 5.73 Å². The Labute approximate surface area is 119 Å². The Morgan fingerprint density at radius 2 is 2.21 bits per heavy atom. The van der Waals surface area contributed by atoms with Crippen LogP contribution >= 0.6 is 11.8 Å². The van der Waals surface area contributed by atoms with E-state index in [1.165, 1.54) is 11.8 Å². The van der Waals surface area contributed by atoms with Gasteiger partial charge in [-0.25, -0.2) is 13.1 Å². The summed E-state index contributed by atoms with van der Waals surface area (Å²) in [5.41, 5.74) is 6.35. The molecule has 106 valence electrons. The van der Waals surface area contributed by atoms with E-state index in [2.05, 4.69) is 4.72 Å². The van der Waals surface area contributed by atoms with Crippen molar-refractivity contribution in [2.24, 2.45) is 0 Å². The molecule has 0 spiro atoms. The van der Waals surface area contributed by atoms with Crippen molar-refractivity contribution in [3.63, 3.8) is 0 Å². The Balaban J connectivity index is 2.31. The van der Waals surface area contributed by atoms with Gasteiger partial charge in [-0.15, -0.1) is 11.8 Å². The number of nitrogens with two attached hydrogens (primary N) is 1. The van der Waals surface area contributed by atoms with Gasteiger partial charge in [-0.1, -0.05) is 18.2 Å². The van der Waals surface area contributed by atoms with Crippen LogP contribution in [0, 0.1) is 0 Å². The van der Waals surface area contributed by atoms with Crippen LogP contribution in [0.1, 0.15) is 13.3 Å². The summed E-state index contributed by atoms with van der Waals surface area (Å²) in [6, 6.07) is 7.44. The van der Waals surface area contributed by atoms with Crippen LogP contribution in [0.2, 0.25) is 0 Å². The minimum Gasteiger partial charge on any atom is -0.399 e. The quantitative estimate of drug-likeness (QED) is 0.334. The molecule has 0 aliphatic rings. The third kappa shape index (κ3) is 7.25. The molecule has 0 amide bonds. The Kier molecular flexibility index (Phi) is 6.97. The summed E-state index contributed by atoms with van der Waals surface area (Å²) in [4.78, 5) is 0.990. The van der Waals surface area contributed by atoms with E-state index in [0.29, 0.717) is 18.0 Å². The predicted octanol–water partition coefficient (Wildman–Crippen LogP) is 2.25. The number of hydrogen-bond donors (Lipinski definition) is 2. The fraction of sp³-hybridized carbons (Fsp3) is 0.385. The van der Waals surface area contributed by atoms with Gasteiger partial charge >= 0.3 is 0 Å². The molecule has 0 aliphatic carbocycles. The average molecular weight is 300 g/mol. The van der Waals surface area contributed by atoms with Gasteiger partial charge in [0.05, 0.1) is 5.75 Å². The molecule has 0 saturated carbocycles. The van der Waals surface area contributed by atoms with Gasteiger partial charge < -0.3 is 5.73 Å². The summed E-state index contributed by atoms with van der Waals surface area (Å²) < 4.78 is 25.9. The molecule has 3 N–H and O–H groups in total. The average Bonchev–Trinajstić information content (AvgIpc) is 2.35. The molecule has 0 atom stereocenters. The highest BCUT2D eigenvalue weighted by Crippen LogP contribution is 2.20. The van der Waals surface area contributed by atoms with Crippen LogP contribution in [-0.2, 0) is 10.0 Å². The summed E-state index contributed by atoms with van der Waals surface area (Å²) in [5, 5.41) is 0. The van der Waals surface area contributed by atoms with Crippen LogP contribution < -0.4 is 10.5 Å². The molecular weight excluding hydrogens is 280 g/mol. The van der Waals surface area contributed by atoms with Gasteiger partial charge in [0, 0.05) is 22.9 Å². The van der Waals surface area contributed by atoms with E-state index in [9.17, 15) is 8.42 Å². The molecule has 1 rings (SSSR count). The second kappa shape index (κ2) is 8.24. The highest BCUT2D eigenvalue weighted by atomic mass is 32.2. The first-order valence-electron chi connectivity index (χ1n) is 6.10. The molecule has 1 aromatic rings. The van der Waals surface area contributed by atoms with E-state index in [0.717, 1.165) is 11.3 Å². The van der Waals surface area contributed by atoms with Gasteiger partial charge in [-0.05, 0) is 31.5 Å². The Morgan fingerprint density at radius 1 is 1.42 bits per heavy atom. The zero-order valence-corrected chi connectivity index (χ0v) is 12.6. The van der Waals surface area contributed by atoms with E-state index >= 15 is 0 Å². The molecule has 0 unspecified atom stereocenters. The monoisotopic (exact) mass is 300 g/mol. The lowest BCUT2D eigenvalue weighted by Crippen LogP contribution is -2.28. The number of thioether (sulfide) groups is 1. The van der Waals surface area contributed by atoms with Gasteiger partial charge in [0.15, 0.2) is 0 Å². The predicted molar refractivity (Wildman–Crippen MR) is 82.8 cm³/mol. The van der Waals surface area contributed by atoms with Crippen LogP contribution in [0.3, 0.4) is 0 Å². The first-order chi connectivity index (χ1) is 9.03. The summed E-state index contributed by atoms with van der Waals surface area (Å²) in [7, 11) is -3.18. The molecule has 4 nitrogen and oxygen atoms in total. The normalized spacial score (nSPS) is 12.1. The summed E-state index contributed by atoms with van der Waals surface area (Å²) in [6.07, 6.45) is 4.56. The summed E-state index contributed by atoms with van der Waals surface area (Å²) in [6.45, 7) is 2.37. The molecule has 0 saturated heterocycles. The molecule has 19 heavy (non-hydrogen) atoms. The number of anilines is 1. The van der Waals surface area contributed by atoms with E-state index in [1.54, 1.807) is 0 Å². The zero-order chi connectivity index (χ0) is 14.1. The minimum absolute atomic E-state index is 0.113. The first-order valence-corrected chi connectivity index (χ1v) is 8.74. The Hall–Kier alpha value is -0.980. The summed E-state index contributed by atoms with van der Waals surface area (Å²) >= 11 is 1.49. The van der Waals surface area contributed by atoms with E-state index < -0.39 is 10.0 Å². The fourth-order valence-electron chi connectivity index (χ4n) is 1.41. The lowest BCUT2D eigenvalue weighted by atomic mass is 10.3. The Bertz CT molecular complexity index is 513.